The lowest BCUT2D eigenvalue weighted by Crippen LogP contribution is -2.52. The van der Waals surface area contributed by atoms with Crippen LogP contribution in [0.1, 0.15) is 42.8 Å². The van der Waals surface area contributed by atoms with Crippen LogP contribution in [0, 0.1) is 0 Å². The van der Waals surface area contributed by atoms with Gasteiger partial charge in [-0.25, -0.2) is 4.98 Å². The van der Waals surface area contributed by atoms with Crippen molar-refractivity contribution in [2.75, 3.05) is 57.4 Å². The van der Waals surface area contributed by atoms with Gasteiger partial charge in [-0.15, -0.1) is 0 Å². The molecule has 9 heteroatoms. The van der Waals surface area contributed by atoms with Crippen molar-refractivity contribution >= 4 is 11.7 Å². The molecular weight excluding hydrogens is 396 g/mol. The van der Waals surface area contributed by atoms with Crippen LogP contribution in [0.15, 0.2) is 22.9 Å². The van der Waals surface area contributed by atoms with Crippen LogP contribution in [0.3, 0.4) is 0 Å². The number of pyridine rings is 1. The number of hydrogen-bond donors (Lipinski definition) is 0. The van der Waals surface area contributed by atoms with E-state index in [-0.39, 0.29) is 11.8 Å². The topological polar surface area (TPSA) is 87.8 Å². The van der Waals surface area contributed by atoms with E-state index in [0.717, 1.165) is 37.6 Å². The maximum atomic E-state index is 12.9. The number of morpholine rings is 1. The molecule has 2 aliphatic heterocycles. The second-order valence-electron chi connectivity index (χ2n) is 8.55. The second kappa shape index (κ2) is 9.32. The fourth-order valence-corrected chi connectivity index (χ4v) is 4.82. The average molecular weight is 427 g/mol. The number of rotatable bonds is 4. The summed E-state index contributed by atoms with van der Waals surface area (Å²) in [4.78, 5) is 28.3. The Hall–Kier alpha value is -2.52. The van der Waals surface area contributed by atoms with Crippen molar-refractivity contribution in [3.05, 3.63) is 24.2 Å². The highest BCUT2D eigenvalue weighted by molar-refractivity contribution is 5.90. The molecule has 3 aliphatic rings. The third kappa shape index (κ3) is 4.57. The van der Waals surface area contributed by atoms with Crippen LogP contribution in [0.5, 0.6) is 0 Å². The van der Waals surface area contributed by atoms with Crippen molar-refractivity contribution in [3.8, 4) is 11.4 Å². The van der Waals surface area contributed by atoms with E-state index in [1.54, 1.807) is 6.20 Å². The number of hydrogen-bond acceptors (Lipinski definition) is 8. The number of nitrogens with zero attached hydrogens (tertiary/aromatic N) is 6. The van der Waals surface area contributed by atoms with Gasteiger partial charge in [-0.1, -0.05) is 24.4 Å². The van der Waals surface area contributed by atoms with Crippen LogP contribution >= 0.6 is 0 Å². The van der Waals surface area contributed by atoms with E-state index in [2.05, 4.69) is 24.9 Å². The molecule has 0 radical (unpaired) electrons. The first-order valence-corrected chi connectivity index (χ1v) is 11.4. The van der Waals surface area contributed by atoms with Crippen LogP contribution in [0.4, 0.5) is 5.82 Å². The monoisotopic (exact) mass is 426 g/mol. The van der Waals surface area contributed by atoms with E-state index in [9.17, 15) is 4.79 Å². The normalized spacial score (nSPS) is 21.4. The third-order valence-electron chi connectivity index (χ3n) is 6.64. The summed E-state index contributed by atoms with van der Waals surface area (Å²) >= 11 is 0. The number of ether oxygens (including phenoxy) is 1. The van der Waals surface area contributed by atoms with Gasteiger partial charge < -0.3 is 19.1 Å². The highest BCUT2D eigenvalue weighted by atomic mass is 16.5. The summed E-state index contributed by atoms with van der Waals surface area (Å²) in [6.07, 6.45) is 8.34. The largest absolute Gasteiger partial charge is 0.378 e. The van der Waals surface area contributed by atoms with E-state index in [1.807, 2.05) is 17.0 Å². The van der Waals surface area contributed by atoms with Crippen LogP contribution < -0.4 is 4.90 Å². The molecule has 5 rings (SSSR count). The van der Waals surface area contributed by atoms with Crippen molar-refractivity contribution in [3.63, 3.8) is 0 Å². The van der Waals surface area contributed by atoms with E-state index < -0.39 is 0 Å². The lowest BCUT2D eigenvalue weighted by molar-refractivity contribution is 0.0483. The number of carbonyl (C=O) groups is 1. The van der Waals surface area contributed by atoms with E-state index >= 15 is 0 Å². The number of piperazine rings is 1. The molecule has 2 aromatic rings. The molecule has 0 N–H and O–H groups in total. The SMILES string of the molecule is O=C(c1nc(-c2ccnc(N3CCOCC3)c2)no1)N1CCN(C2CCCCC2)CC1. The summed E-state index contributed by atoms with van der Waals surface area (Å²) in [5.74, 6) is 1.16. The Balaban J connectivity index is 1.22. The molecule has 0 bridgehead atoms. The van der Waals surface area contributed by atoms with Gasteiger partial charge in [0.05, 0.1) is 13.2 Å². The standard InChI is InChI=1S/C22H30N6O3/c29-22(28-10-8-26(9-11-28)18-4-2-1-3-5-18)21-24-20(25-31-21)17-6-7-23-19(16-17)27-12-14-30-15-13-27/h6-7,16,18H,1-5,8-15H2. The van der Waals surface area contributed by atoms with Gasteiger partial charge in [-0.05, 0) is 25.0 Å². The van der Waals surface area contributed by atoms with E-state index in [4.69, 9.17) is 9.26 Å². The fourth-order valence-electron chi connectivity index (χ4n) is 4.82. The van der Waals surface area contributed by atoms with Gasteiger partial charge in [0.2, 0.25) is 5.82 Å². The Bertz CT molecular complexity index is 883. The minimum absolute atomic E-state index is 0.0610. The molecule has 4 heterocycles. The summed E-state index contributed by atoms with van der Waals surface area (Å²) in [5.41, 5.74) is 0.793. The number of anilines is 1. The minimum Gasteiger partial charge on any atom is -0.378 e. The Morgan fingerprint density at radius 3 is 2.55 bits per heavy atom. The van der Waals surface area contributed by atoms with Crippen molar-refractivity contribution in [1.82, 2.24) is 24.9 Å². The van der Waals surface area contributed by atoms with Crippen molar-refractivity contribution in [1.29, 1.82) is 0 Å². The third-order valence-corrected chi connectivity index (χ3v) is 6.64. The molecule has 0 spiro atoms. The molecule has 0 atom stereocenters. The van der Waals surface area contributed by atoms with E-state index in [1.165, 1.54) is 32.1 Å². The summed E-state index contributed by atoms with van der Waals surface area (Å²) in [7, 11) is 0. The summed E-state index contributed by atoms with van der Waals surface area (Å²) in [6.45, 7) is 6.27. The average Bonchev–Trinajstić information content (AvgIpc) is 3.35. The minimum atomic E-state index is -0.176. The molecule has 1 aliphatic carbocycles. The molecule has 1 amide bonds. The Kier molecular flexibility index (Phi) is 6.13. The highest BCUT2D eigenvalue weighted by Gasteiger charge is 2.30. The molecule has 1 saturated carbocycles. The van der Waals surface area contributed by atoms with Crippen LogP contribution in [-0.4, -0.2) is 89.4 Å². The first kappa shape index (κ1) is 20.4. The van der Waals surface area contributed by atoms with Crippen molar-refractivity contribution in [2.45, 2.75) is 38.1 Å². The van der Waals surface area contributed by atoms with Gasteiger partial charge in [0.1, 0.15) is 5.82 Å². The summed E-state index contributed by atoms with van der Waals surface area (Å²) in [5, 5.41) is 4.06. The Morgan fingerprint density at radius 2 is 1.77 bits per heavy atom. The maximum Gasteiger partial charge on any atom is 0.316 e. The zero-order valence-corrected chi connectivity index (χ0v) is 17.9. The molecule has 0 aromatic carbocycles. The molecule has 3 fully saturated rings. The van der Waals surface area contributed by atoms with Crippen LogP contribution in [0.2, 0.25) is 0 Å². The van der Waals surface area contributed by atoms with Gasteiger partial charge in [0.15, 0.2) is 0 Å². The molecule has 2 saturated heterocycles. The number of amides is 1. The molecule has 31 heavy (non-hydrogen) atoms. The first-order chi connectivity index (χ1) is 15.3. The van der Waals surface area contributed by atoms with Crippen molar-refractivity contribution < 1.29 is 14.1 Å². The predicted molar refractivity (Wildman–Crippen MR) is 115 cm³/mol. The first-order valence-electron chi connectivity index (χ1n) is 11.4. The quantitative estimate of drug-likeness (QED) is 0.734. The van der Waals surface area contributed by atoms with Gasteiger partial charge in [-0.3, -0.25) is 9.69 Å². The molecule has 2 aromatic heterocycles. The zero-order valence-electron chi connectivity index (χ0n) is 17.9. The highest BCUT2D eigenvalue weighted by Crippen LogP contribution is 2.24. The van der Waals surface area contributed by atoms with Gasteiger partial charge in [0.25, 0.3) is 0 Å². The zero-order chi connectivity index (χ0) is 21.0. The lowest BCUT2D eigenvalue weighted by Gasteiger charge is -2.40. The van der Waals surface area contributed by atoms with Crippen LogP contribution in [-0.2, 0) is 4.74 Å². The maximum absolute atomic E-state index is 12.9. The molecule has 0 unspecified atom stereocenters. The predicted octanol–water partition coefficient (Wildman–Crippen LogP) is 2.06. The van der Waals surface area contributed by atoms with Gasteiger partial charge in [0, 0.05) is 57.1 Å². The molecule has 166 valence electrons. The van der Waals surface area contributed by atoms with E-state index in [0.29, 0.717) is 38.2 Å². The number of aromatic nitrogens is 3. The van der Waals surface area contributed by atoms with Crippen molar-refractivity contribution in [2.24, 2.45) is 0 Å². The molecule has 9 nitrogen and oxygen atoms in total. The lowest BCUT2D eigenvalue weighted by atomic mass is 9.94. The fraction of sp³-hybridized carbons (Fsp3) is 0.636. The summed E-state index contributed by atoms with van der Waals surface area (Å²) < 4.78 is 10.8. The molecular formula is C22H30N6O3. The number of carbonyl (C=O) groups excluding carboxylic acids is 1. The second-order valence-corrected chi connectivity index (χ2v) is 8.55. The van der Waals surface area contributed by atoms with Crippen LogP contribution in [0.25, 0.3) is 11.4 Å². The summed E-state index contributed by atoms with van der Waals surface area (Å²) in [6, 6.07) is 4.47. The Morgan fingerprint density at radius 1 is 1.00 bits per heavy atom. The van der Waals surface area contributed by atoms with Gasteiger partial charge in [-0.2, -0.15) is 4.98 Å². The Labute approximate surface area is 182 Å². The smallest absolute Gasteiger partial charge is 0.316 e. The van der Waals surface area contributed by atoms with Gasteiger partial charge >= 0.3 is 11.8 Å².